The van der Waals surface area contributed by atoms with Gasteiger partial charge in [-0.1, -0.05) is 12.8 Å². The van der Waals surface area contributed by atoms with E-state index >= 15 is 0 Å². The molecule has 1 aromatic heterocycles. The van der Waals surface area contributed by atoms with Crippen molar-refractivity contribution >= 4 is 5.91 Å². The third-order valence-electron chi connectivity index (χ3n) is 5.58. The molecule has 2 aromatic rings. The van der Waals surface area contributed by atoms with E-state index in [1.165, 1.54) is 6.42 Å². The number of carbonyl (C=O) groups excluding carboxylic acids is 1. The van der Waals surface area contributed by atoms with E-state index in [1.807, 2.05) is 36.4 Å². The van der Waals surface area contributed by atoms with Gasteiger partial charge in [-0.25, -0.2) is 0 Å². The summed E-state index contributed by atoms with van der Waals surface area (Å²) in [5.74, 6) is 2.87. The quantitative estimate of drug-likeness (QED) is 0.630. The lowest BCUT2D eigenvalue weighted by molar-refractivity contribution is -0.121. The molecule has 0 radical (unpaired) electrons. The van der Waals surface area contributed by atoms with E-state index in [0.717, 1.165) is 54.9 Å². The van der Waals surface area contributed by atoms with Crippen LogP contribution >= 0.6 is 0 Å². The molecule has 2 N–H and O–H groups in total. The van der Waals surface area contributed by atoms with E-state index < -0.39 is 0 Å². The standard InChI is InChI=1S/C23H31NO4/c1-27-19-10-8-18(9-11-19)22-14-12-20(28-22)13-15-23(26)24-16-4-6-17-5-2-3-7-21(17)25/h8-12,14,17,21,25H,2-7,13,15-16H2,1H3,(H,24,26). The van der Waals surface area contributed by atoms with Crippen LogP contribution in [0.5, 0.6) is 5.75 Å². The molecule has 1 saturated carbocycles. The topological polar surface area (TPSA) is 71.7 Å². The summed E-state index contributed by atoms with van der Waals surface area (Å²) in [5.41, 5.74) is 0.987. The van der Waals surface area contributed by atoms with Crippen LogP contribution in [0.2, 0.25) is 0 Å². The summed E-state index contributed by atoms with van der Waals surface area (Å²) >= 11 is 0. The van der Waals surface area contributed by atoms with E-state index in [0.29, 0.717) is 25.3 Å². The second kappa shape index (κ2) is 10.3. The molecule has 1 fully saturated rings. The number of furan rings is 1. The van der Waals surface area contributed by atoms with Crippen LogP contribution in [0.1, 0.15) is 50.7 Å². The lowest BCUT2D eigenvalue weighted by atomic mass is 9.83. The van der Waals surface area contributed by atoms with Crippen LogP contribution < -0.4 is 10.1 Å². The van der Waals surface area contributed by atoms with Gasteiger partial charge in [0.2, 0.25) is 5.91 Å². The number of ether oxygens (including phenoxy) is 1. The first-order valence-electron chi connectivity index (χ1n) is 10.3. The molecule has 3 rings (SSSR count). The van der Waals surface area contributed by atoms with Gasteiger partial charge in [0.05, 0.1) is 13.2 Å². The zero-order chi connectivity index (χ0) is 19.8. The van der Waals surface area contributed by atoms with Crippen LogP contribution in [0, 0.1) is 5.92 Å². The van der Waals surface area contributed by atoms with Crippen LogP contribution in [-0.4, -0.2) is 30.8 Å². The van der Waals surface area contributed by atoms with Crippen molar-refractivity contribution in [1.29, 1.82) is 0 Å². The zero-order valence-corrected chi connectivity index (χ0v) is 16.7. The number of methoxy groups -OCH3 is 1. The minimum Gasteiger partial charge on any atom is -0.497 e. The summed E-state index contributed by atoms with van der Waals surface area (Å²) in [6, 6.07) is 11.6. The van der Waals surface area contributed by atoms with Gasteiger partial charge >= 0.3 is 0 Å². The fourth-order valence-electron chi connectivity index (χ4n) is 3.86. The van der Waals surface area contributed by atoms with E-state index in [9.17, 15) is 9.90 Å². The van der Waals surface area contributed by atoms with E-state index in [1.54, 1.807) is 7.11 Å². The molecular formula is C23H31NO4. The Labute approximate surface area is 167 Å². The highest BCUT2D eigenvalue weighted by atomic mass is 16.5. The smallest absolute Gasteiger partial charge is 0.220 e. The predicted molar refractivity (Wildman–Crippen MR) is 109 cm³/mol. The molecular weight excluding hydrogens is 354 g/mol. The number of aryl methyl sites for hydroxylation is 1. The molecule has 1 amide bonds. The molecule has 1 aliphatic rings. The van der Waals surface area contributed by atoms with Crippen molar-refractivity contribution in [1.82, 2.24) is 5.32 Å². The molecule has 2 unspecified atom stereocenters. The van der Waals surface area contributed by atoms with E-state index in [4.69, 9.17) is 9.15 Å². The van der Waals surface area contributed by atoms with Crippen LogP contribution in [-0.2, 0) is 11.2 Å². The third-order valence-corrected chi connectivity index (χ3v) is 5.58. The van der Waals surface area contributed by atoms with Gasteiger partial charge in [-0.2, -0.15) is 0 Å². The number of hydrogen-bond acceptors (Lipinski definition) is 4. The first kappa shape index (κ1) is 20.5. The molecule has 2 atom stereocenters. The molecule has 152 valence electrons. The van der Waals surface area contributed by atoms with Crippen LogP contribution in [0.3, 0.4) is 0 Å². The maximum Gasteiger partial charge on any atom is 0.220 e. The maximum absolute atomic E-state index is 12.1. The van der Waals surface area contributed by atoms with Crippen molar-refractivity contribution in [3.8, 4) is 17.1 Å². The van der Waals surface area contributed by atoms with Gasteiger partial charge < -0.3 is 19.6 Å². The molecule has 1 aliphatic carbocycles. The largest absolute Gasteiger partial charge is 0.497 e. The molecule has 5 nitrogen and oxygen atoms in total. The third kappa shape index (κ3) is 5.86. The van der Waals surface area contributed by atoms with Crippen molar-refractivity contribution in [3.05, 3.63) is 42.2 Å². The highest BCUT2D eigenvalue weighted by molar-refractivity contribution is 5.76. The maximum atomic E-state index is 12.1. The second-order valence-electron chi connectivity index (χ2n) is 7.60. The van der Waals surface area contributed by atoms with Crippen molar-refractivity contribution in [2.24, 2.45) is 5.92 Å². The molecule has 5 heteroatoms. The lowest BCUT2D eigenvalue weighted by Crippen LogP contribution is -2.28. The Bertz CT molecular complexity index is 737. The Kier molecular flexibility index (Phi) is 7.54. The summed E-state index contributed by atoms with van der Waals surface area (Å²) < 4.78 is 11.0. The fourth-order valence-corrected chi connectivity index (χ4v) is 3.86. The van der Waals surface area contributed by atoms with Gasteiger partial charge in [-0.05, 0) is 68.0 Å². The molecule has 28 heavy (non-hydrogen) atoms. The van der Waals surface area contributed by atoms with Crippen LogP contribution in [0.15, 0.2) is 40.8 Å². The van der Waals surface area contributed by atoms with E-state index in [-0.39, 0.29) is 12.0 Å². The van der Waals surface area contributed by atoms with Crippen molar-refractivity contribution < 1.29 is 19.1 Å². The molecule has 0 aliphatic heterocycles. The molecule has 1 heterocycles. The van der Waals surface area contributed by atoms with Gasteiger partial charge in [0.1, 0.15) is 17.3 Å². The number of benzene rings is 1. The number of rotatable bonds is 9. The van der Waals surface area contributed by atoms with Crippen molar-refractivity contribution in [2.75, 3.05) is 13.7 Å². The molecule has 0 bridgehead atoms. The van der Waals surface area contributed by atoms with Gasteiger partial charge in [0.15, 0.2) is 0 Å². The monoisotopic (exact) mass is 385 g/mol. The zero-order valence-electron chi connectivity index (χ0n) is 16.7. The van der Waals surface area contributed by atoms with Crippen molar-refractivity contribution in [3.63, 3.8) is 0 Å². The van der Waals surface area contributed by atoms with Gasteiger partial charge in [-0.3, -0.25) is 4.79 Å². The lowest BCUT2D eigenvalue weighted by Gasteiger charge is -2.27. The second-order valence-corrected chi connectivity index (χ2v) is 7.60. The summed E-state index contributed by atoms with van der Waals surface area (Å²) in [6.45, 7) is 0.678. The SMILES string of the molecule is COc1ccc(-c2ccc(CCC(=O)NCCCC3CCCCC3O)o2)cc1. The Balaban J connectivity index is 1.36. The Morgan fingerprint density at radius 3 is 2.71 bits per heavy atom. The molecule has 0 spiro atoms. The number of carbonyl (C=O) groups is 1. The Hall–Kier alpha value is -2.27. The van der Waals surface area contributed by atoms with Crippen LogP contribution in [0.4, 0.5) is 0 Å². The first-order valence-corrected chi connectivity index (χ1v) is 10.3. The van der Waals surface area contributed by atoms with Gasteiger partial charge in [0.25, 0.3) is 0 Å². The Morgan fingerprint density at radius 2 is 1.96 bits per heavy atom. The highest BCUT2D eigenvalue weighted by Crippen LogP contribution is 2.28. The minimum absolute atomic E-state index is 0.0478. The number of aliphatic hydroxyl groups is 1. The van der Waals surface area contributed by atoms with Gasteiger partial charge in [0, 0.05) is 24.9 Å². The number of hydrogen-bond donors (Lipinski definition) is 2. The summed E-state index contributed by atoms with van der Waals surface area (Å²) in [6.07, 6.45) is 7.18. The predicted octanol–water partition coefficient (Wildman–Crippen LogP) is 4.34. The normalized spacial score (nSPS) is 19.4. The number of amides is 1. The molecule has 0 saturated heterocycles. The summed E-state index contributed by atoms with van der Waals surface area (Å²) in [5, 5.41) is 13.0. The summed E-state index contributed by atoms with van der Waals surface area (Å²) in [7, 11) is 1.64. The average molecular weight is 386 g/mol. The molecule has 1 aromatic carbocycles. The van der Waals surface area contributed by atoms with Crippen molar-refractivity contribution in [2.45, 2.75) is 57.5 Å². The fraction of sp³-hybridized carbons (Fsp3) is 0.522. The first-order chi connectivity index (χ1) is 13.7. The summed E-state index contributed by atoms with van der Waals surface area (Å²) in [4.78, 5) is 12.1. The Morgan fingerprint density at radius 1 is 1.18 bits per heavy atom. The number of aliphatic hydroxyl groups excluding tert-OH is 1. The van der Waals surface area contributed by atoms with Crippen LogP contribution in [0.25, 0.3) is 11.3 Å². The van der Waals surface area contributed by atoms with E-state index in [2.05, 4.69) is 5.32 Å². The average Bonchev–Trinajstić information content (AvgIpc) is 3.20. The number of nitrogens with one attached hydrogen (secondary N) is 1. The van der Waals surface area contributed by atoms with Gasteiger partial charge in [-0.15, -0.1) is 0 Å². The highest BCUT2D eigenvalue weighted by Gasteiger charge is 2.22. The minimum atomic E-state index is -0.150.